The first-order valence-electron chi connectivity index (χ1n) is 7.65. The van der Waals surface area contributed by atoms with E-state index in [-0.39, 0.29) is 29.8 Å². The number of hydrogen-bond acceptors (Lipinski definition) is 6. The Bertz CT molecular complexity index is 472. The average molecular weight is 360 g/mol. The fourth-order valence-electron chi connectivity index (χ4n) is 1.16. The molecular weight excluding hydrogens is 332 g/mol. The molecule has 0 atom stereocenters. The maximum Gasteiger partial charge on any atom is 0.336 e. The van der Waals surface area contributed by atoms with Gasteiger partial charge in [-0.25, -0.2) is 9.59 Å². The Hall–Kier alpha value is -2.00. The van der Waals surface area contributed by atoms with Gasteiger partial charge in [0.25, 0.3) is 0 Å². The number of hydrogen-bond donors (Lipinski definition) is 6. The zero-order valence-electron chi connectivity index (χ0n) is 14.7. The van der Waals surface area contributed by atoms with Gasteiger partial charge in [-0.3, -0.25) is 0 Å². The fraction of sp³-hybridized carbons (Fsp3) is 0.529. The van der Waals surface area contributed by atoms with Gasteiger partial charge in [-0.2, -0.15) is 0 Å². The van der Waals surface area contributed by atoms with Crippen LogP contribution in [0.25, 0.3) is 0 Å². The normalized spacial score (nSPS) is 10.2. The highest BCUT2D eigenvalue weighted by atomic mass is 16.5. The van der Waals surface area contributed by atoms with Gasteiger partial charge >= 0.3 is 11.9 Å². The third kappa shape index (κ3) is 13.0. The molecule has 6 N–H and O–H groups in total. The number of benzene rings is 1. The summed E-state index contributed by atoms with van der Waals surface area (Å²) >= 11 is 0. The monoisotopic (exact) mass is 360 g/mol. The largest absolute Gasteiger partial charge is 0.478 e. The SMILES string of the molecule is CC(C)(CO)CO.CCCC(O)O.O=C(O)c1ccccc1C(=O)O. The summed E-state index contributed by atoms with van der Waals surface area (Å²) in [5.74, 6) is -2.46. The van der Waals surface area contributed by atoms with Crippen molar-refractivity contribution in [2.24, 2.45) is 5.41 Å². The average Bonchev–Trinajstić information content (AvgIpc) is 2.55. The van der Waals surface area contributed by atoms with Gasteiger partial charge in [-0.1, -0.05) is 39.3 Å². The van der Waals surface area contributed by atoms with Crippen molar-refractivity contribution in [3.63, 3.8) is 0 Å². The maximum absolute atomic E-state index is 10.5. The van der Waals surface area contributed by atoms with Crippen LogP contribution in [0.3, 0.4) is 0 Å². The zero-order valence-corrected chi connectivity index (χ0v) is 14.7. The minimum atomic E-state index is -1.23. The van der Waals surface area contributed by atoms with Crippen molar-refractivity contribution in [3.8, 4) is 0 Å². The van der Waals surface area contributed by atoms with Crippen LogP contribution in [0.5, 0.6) is 0 Å². The summed E-state index contributed by atoms with van der Waals surface area (Å²) in [6, 6.07) is 5.48. The molecule has 0 aliphatic heterocycles. The van der Waals surface area contributed by atoms with Gasteiger partial charge in [0.15, 0.2) is 6.29 Å². The molecule has 0 fully saturated rings. The van der Waals surface area contributed by atoms with Gasteiger partial charge < -0.3 is 30.6 Å². The van der Waals surface area contributed by atoms with Crippen molar-refractivity contribution in [1.29, 1.82) is 0 Å². The molecule has 0 amide bonds. The van der Waals surface area contributed by atoms with Gasteiger partial charge in [0.1, 0.15) is 0 Å². The van der Waals surface area contributed by atoms with Crippen LogP contribution in [0.4, 0.5) is 0 Å². The molecule has 8 heteroatoms. The Balaban J connectivity index is 0. The summed E-state index contributed by atoms with van der Waals surface area (Å²) in [6.07, 6.45) is 0.215. The summed E-state index contributed by atoms with van der Waals surface area (Å²) in [6.45, 7) is 5.59. The Morgan fingerprint density at radius 2 is 1.32 bits per heavy atom. The molecule has 1 rings (SSSR count). The molecule has 0 spiro atoms. The molecule has 1 aromatic carbocycles. The molecule has 0 aliphatic rings. The van der Waals surface area contributed by atoms with E-state index in [1.807, 2.05) is 6.92 Å². The molecule has 25 heavy (non-hydrogen) atoms. The molecule has 1 aromatic rings. The minimum absolute atomic E-state index is 0.0451. The molecule has 0 saturated carbocycles. The van der Waals surface area contributed by atoms with E-state index in [1.165, 1.54) is 24.3 Å². The molecule has 0 bridgehead atoms. The van der Waals surface area contributed by atoms with Crippen LogP contribution < -0.4 is 0 Å². The molecule has 0 heterocycles. The van der Waals surface area contributed by atoms with Crippen LogP contribution in [-0.4, -0.2) is 62.1 Å². The Morgan fingerprint density at radius 1 is 0.960 bits per heavy atom. The van der Waals surface area contributed by atoms with E-state index in [2.05, 4.69) is 0 Å². The maximum atomic E-state index is 10.5. The van der Waals surface area contributed by atoms with E-state index in [0.717, 1.165) is 6.42 Å². The van der Waals surface area contributed by atoms with E-state index in [9.17, 15) is 9.59 Å². The molecule has 0 radical (unpaired) electrons. The minimum Gasteiger partial charge on any atom is -0.478 e. The van der Waals surface area contributed by atoms with Crippen molar-refractivity contribution in [3.05, 3.63) is 35.4 Å². The van der Waals surface area contributed by atoms with Gasteiger partial charge in [-0.15, -0.1) is 0 Å². The van der Waals surface area contributed by atoms with Crippen LogP contribution in [0.15, 0.2) is 24.3 Å². The third-order valence-electron chi connectivity index (χ3n) is 2.79. The van der Waals surface area contributed by atoms with Gasteiger partial charge in [-0.05, 0) is 18.6 Å². The Kier molecular flexibility index (Phi) is 13.4. The van der Waals surface area contributed by atoms with Crippen molar-refractivity contribution in [1.82, 2.24) is 0 Å². The first-order chi connectivity index (χ1) is 11.5. The van der Waals surface area contributed by atoms with Crippen molar-refractivity contribution in [2.75, 3.05) is 13.2 Å². The number of aliphatic hydroxyl groups excluding tert-OH is 3. The first-order valence-corrected chi connectivity index (χ1v) is 7.65. The summed E-state index contributed by atoms with van der Waals surface area (Å²) in [5, 5.41) is 50.2. The van der Waals surface area contributed by atoms with Crippen molar-refractivity contribution >= 4 is 11.9 Å². The predicted octanol–water partition coefficient (Wildman–Crippen LogP) is 1.18. The smallest absolute Gasteiger partial charge is 0.336 e. The molecule has 0 unspecified atom stereocenters. The standard InChI is InChI=1S/C8H6O4.C5H12O2.C4H10O2/c9-7(10)5-3-1-2-4-6(5)8(11)12;1-5(2,3-6)4-7;1-2-3-4(5)6/h1-4H,(H,9,10)(H,11,12);6-7H,3-4H2,1-2H3;4-6H,2-3H2,1H3. The second kappa shape index (κ2) is 13.3. The van der Waals surface area contributed by atoms with Crippen LogP contribution in [-0.2, 0) is 0 Å². The number of aromatic carboxylic acids is 2. The van der Waals surface area contributed by atoms with Gasteiger partial charge in [0, 0.05) is 5.41 Å². The summed E-state index contributed by atoms with van der Waals surface area (Å²) in [4.78, 5) is 20.9. The Morgan fingerprint density at radius 3 is 1.44 bits per heavy atom. The molecule has 0 aliphatic carbocycles. The van der Waals surface area contributed by atoms with E-state index in [0.29, 0.717) is 6.42 Å². The van der Waals surface area contributed by atoms with Gasteiger partial charge in [0.05, 0.1) is 24.3 Å². The number of carboxylic acid groups (broad SMARTS) is 2. The van der Waals surface area contributed by atoms with E-state index >= 15 is 0 Å². The number of rotatable bonds is 6. The van der Waals surface area contributed by atoms with E-state index in [4.69, 9.17) is 30.6 Å². The van der Waals surface area contributed by atoms with E-state index in [1.54, 1.807) is 13.8 Å². The third-order valence-corrected chi connectivity index (χ3v) is 2.79. The second-order valence-corrected chi connectivity index (χ2v) is 5.91. The molecule has 8 nitrogen and oxygen atoms in total. The van der Waals surface area contributed by atoms with Gasteiger partial charge in [0.2, 0.25) is 0 Å². The summed E-state index contributed by atoms with van der Waals surface area (Å²) in [7, 11) is 0. The number of carboxylic acids is 2. The summed E-state index contributed by atoms with van der Waals surface area (Å²) in [5.41, 5.74) is -0.685. The lowest BCUT2D eigenvalue weighted by atomic mass is 9.97. The lowest BCUT2D eigenvalue weighted by Crippen LogP contribution is -2.20. The highest BCUT2D eigenvalue weighted by Crippen LogP contribution is 2.10. The van der Waals surface area contributed by atoms with E-state index < -0.39 is 18.2 Å². The highest BCUT2D eigenvalue weighted by molar-refractivity contribution is 6.01. The zero-order chi connectivity index (χ0) is 20.0. The highest BCUT2D eigenvalue weighted by Gasteiger charge is 2.14. The Labute approximate surface area is 147 Å². The van der Waals surface area contributed by atoms with Crippen LogP contribution in [0, 0.1) is 5.41 Å². The number of carbonyl (C=O) groups is 2. The number of aliphatic hydroxyl groups is 4. The quantitative estimate of drug-likeness (QED) is 0.413. The lowest BCUT2D eigenvalue weighted by molar-refractivity contribution is -0.0453. The predicted molar refractivity (Wildman–Crippen MR) is 91.4 cm³/mol. The summed E-state index contributed by atoms with van der Waals surface area (Å²) < 4.78 is 0. The van der Waals surface area contributed by atoms with Crippen molar-refractivity contribution in [2.45, 2.75) is 39.9 Å². The van der Waals surface area contributed by atoms with Crippen LogP contribution in [0.2, 0.25) is 0 Å². The topological polar surface area (TPSA) is 156 Å². The first kappa shape index (κ1) is 25.2. The molecule has 144 valence electrons. The fourth-order valence-corrected chi connectivity index (χ4v) is 1.16. The molecule has 0 saturated heterocycles. The lowest BCUT2D eigenvalue weighted by Gasteiger charge is -2.16. The molecule has 0 aromatic heterocycles. The van der Waals surface area contributed by atoms with Crippen molar-refractivity contribution < 1.29 is 40.2 Å². The molecular formula is C17H28O8. The second-order valence-electron chi connectivity index (χ2n) is 5.91. The van der Waals surface area contributed by atoms with Crippen LogP contribution >= 0.6 is 0 Å². The van der Waals surface area contributed by atoms with Crippen LogP contribution in [0.1, 0.15) is 54.3 Å².